The lowest BCUT2D eigenvalue weighted by Crippen LogP contribution is -2.32. The number of rotatable bonds is 6. The molecule has 2 heterocycles. The molecule has 1 aromatic heterocycles. The Morgan fingerprint density at radius 3 is 2.54 bits per heavy atom. The Morgan fingerprint density at radius 2 is 1.75 bits per heavy atom. The van der Waals surface area contributed by atoms with Crippen molar-refractivity contribution in [2.24, 2.45) is 0 Å². The van der Waals surface area contributed by atoms with Gasteiger partial charge in [0.05, 0.1) is 30.9 Å². The summed E-state index contributed by atoms with van der Waals surface area (Å²) in [6, 6.07) is 16.7. The molecule has 0 aliphatic carbocycles. The van der Waals surface area contributed by atoms with E-state index < -0.39 is 0 Å². The van der Waals surface area contributed by atoms with Crippen molar-refractivity contribution in [2.75, 3.05) is 18.2 Å². The highest BCUT2D eigenvalue weighted by Crippen LogP contribution is 2.43. The third-order valence-electron chi connectivity index (χ3n) is 4.90. The Hall–Kier alpha value is -2.59. The summed E-state index contributed by atoms with van der Waals surface area (Å²) in [5, 5.41) is 3.73. The molecule has 4 rings (SSSR count). The molecule has 1 N–H and O–H groups in total. The molecule has 0 amide bonds. The molecular weight excluding hydrogens is 366 g/mol. The fourth-order valence-electron chi connectivity index (χ4n) is 3.69. The van der Waals surface area contributed by atoms with Crippen LogP contribution in [0.3, 0.4) is 0 Å². The first-order valence-electron chi connectivity index (χ1n) is 9.43. The normalized spacial score (nSPS) is 14.8. The van der Waals surface area contributed by atoms with E-state index in [1.807, 2.05) is 36.2 Å². The Balaban J connectivity index is 1.69. The average molecular weight is 392 g/mol. The maximum Gasteiger partial charge on any atom is 0.126 e. The molecule has 0 unspecified atom stereocenters. The van der Waals surface area contributed by atoms with Gasteiger partial charge in [0, 0.05) is 33.8 Å². The minimum Gasteiger partial charge on any atom is -0.496 e. The molecule has 144 valence electrons. The second-order valence-corrected chi connectivity index (χ2v) is 8.55. The van der Waals surface area contributed by atoms with E-state index in [9.17, 15) is 0 Å². The van der Waals surface area contributed by atoms with Crippen LogP contribution in [0.1, 0.15) is 25.0 Å². The molecule has 0 bridgehead atoms. The fraction of sp³-hybridized carbons (Fsp3) is 0.250. The lowest BCUT2D eigenvalue weighted by Gasteiger charge is -2.34. The van der Waals surface area contributed by atoms with Crippen LogP contribution in [0.15, 0.2) is 71.6 Å². The number of furan rings is 1. The van der Waals surface area contributed by atoms with E-state index in [1.165, 1.54) is 28.0 Å². The number of anilines is 1. The number of thioether (sulfide) groups is 1. The van der Waals surface area contributed by atoms with Gasteiger partial charge in [-0.2, -0.15) is 11.8 Å². The van der Waals surface area contributed by atoms with Crippen molar-refractivity contribution in [3.63, 3.8) is 0 Å². The first kappa shape index (κ1) is 18.8. The average Bonchev–Trinajstić information content (AvgIpc) is 3.20. The van der Waals surface area contributed by atoms with E-state index in [0.29, 0.717) is 0 Å². The summed E-state index contributed by atoms with van der Waals surface area (Å²) < 4.78 is 10.8. The zero-order chi connectivity index (χ0) is 19.6. The molecule has 4 heteroatoms. The maximum absolute atomic E-state index is 5.62. The number of hydrogen-bond donors (Lipinski definition) is 1. The summed E-state index contributed by atoms with van der Waals surface area (Å²) in [5.41, 5.74) is 7.20. The van der Waals surface area contributed by atoms with Crippen LogP contribution in [0, 0.1) is 0 Å². The highest BCUT2D eigenvalue weighted by molar-refractivity contribution is 7.98. The lowest BCUT2D eigenvalue weighted by molar-refractivity contribution is 0.416. The summed E-state index contributed by atoms with van der Waals surface area (Å²) >= 11 is 1.91. The van der Waals surface area contributed by atoms with Crippen molar-refractivity contribution in [1.29, 1.82) is 0 Å². The highest BCUT2D eigenvalue weighted by Gasteiger charge is 2.27. The van der Waals surface area contributed by atoms with Crippen LogP contribution >= 0.6 is 11.8 Å². The second-order valence-electron chi connectivity index (χ2n) is 7.57. The molecule has 0 radical (unpaired) electrons. The molecule has 28 heavy (non-hydrogen) atoms. The van der Waals surface area contributed by atoms with Crippen LogP contribution in [0.25, 0.3) is 16.7 Å². The van der Waals surface area contributed by atoms with Crippen molar-refractivity contribution in [3.8, 4) is 16.9 Å². The zero-order valence-electron chi connectivity index (χ0n) is 16.5. The standard InChI is InChI=1S/C24H25NO2S/c1-24(2)13-18(16-28-15-17-11-12-27-14-17)19-8-6-9-21(23(19)25-24)20-7-4-5-10-22(20)26-3/h4-14,25H,15-16H2,1-3H3. The van der Waals surface area contributed by atoms with Gasteiger partial charge in [0.1, 0.15) is 5.75 Å². The Kier molecular flexibility index (Phi) is 5.23. The zero-order valence-corrected chi connectivity index (χ0v) is 17.3. The van der Waals surface area contributed by atoms with E-state index in [0.717, 1.165) is 22.8 Å². The van der Waals surface area contributed by atoms with Gasteiger partial charge in [-0.25, -0.2) is 0 Å². The summed E-state index contributed by atoms with van der Waals surface area (Å²) in [6.07, 6.45) is 5.91. The molecule has 0 saturated heterocycles. The first-order chi connectivity index (χ1) is 13.6. The van der Waals surface area contributed by atoms with Gasteiger partial charge >= 0.3 is 0 Å². The first-order valence-corrected chi connectivity index (χ1v) is 10.6. The number of fused-ring (bicyclic) bond motifs is 1. The number of nitrogens with one attached hydrogen (secondary N) is 1. The lowest BCUT2D eigenvalue weighted by atomic mass is 9.87. The molecule has 0 atom stereocenters. The summed E-state index contributed by atoms with van der Waals surface area (Å²) in [5.74, 6) is 2.79. The summed E-state index contributed by atoms with van der Waals surface area (Å²) in [6.45, 7) is 4.44. The van der Waals surface area contributed by atoms with Gasteiger partial charge in [0.2, 0.25) is 0 Å². The smallest absolute Gasteiger partial charge is 0.126 e. The monoisotopic (exact) mass is 391 g/mol. The van der Waals surface area contributed by atoms with Gasteiger partial charge in [0.25, 0.3) is 0 Å². The maximum atomic E-state index is 5.62. The third-order valence-corrected chi connectivity index (χ3v) is 5.95. The Morgan fingerprint density at radius 1 is 0.964 bits per heavy atom. The van der Waals surface area contributed by atoms with Crippen LogP contribution in [0.4, 0.5) is 5.69 Å². The molecular formula is C24H25NO2S. The van der Waals surface area contributed by atoms with E-state index in [1.54, 1.807) is 13.4 Å². The minimum atomic E-state index is -0.114. The van der Waals surface area contributed by atoms with Crippen LogP contribution < -0.4 is 10.1 Å². The van der Waals surface area contributed by atoms with Crippen LogP contribution in [0.2, 0.25) is 0 Å². The number of ether oxygens (including phenoxy) is 1. The number of para-hydroxylation sites is 2. The Bertz CT molecular complexity index is 990. The number of benzene rings is 2. The van der Waals surface area contributed by atoms with Crippen LogP contribution in [0.5, 0.6) is 5.75 Å². The SMILES string of the molecule is COc1ccccc1-c1cccc2c1NC(C)(C)C=C2CSCc1ccoc1. The predicted octanol–water partition coefficient (Wildman–Crippen LogP) is 6.48. The van der Waals surface area contributed by atoms with Crippen molar-refractivity contribution in [1.82, 2.24) is 0 Å². The molecule has 0 saturated carbocycles. The van der Waals surface area contributed by atoms with E-state index in [2.05, 4.69) is 55.6 Å². The van der Waals surface area contributed by atoms with E-state index in [4.69, 9.17) is 9.15 Å². The second kappa shape index (κ2) is 7.80. The molecule has 1 aliphatic heterocycles. The van der Waals surface area contributed by atoms with Crippen molar-refractivity contribution in [3.05, 3.63) is 78.3 Å². The highest BCUT2D eigenvalue weighted by atomic mass is 32.2. The van der Waals surface area contributed by atoms with Crippen molar-refractivity contribution >= 4 is 23.0 Å². The van der Waals surface area contributed by atoms with E-state index in [-0.39, 0.29) is 5.54 Å². The van der Waals surface area contributed by atoms with Gasteiger partial charge in [-0.05, 0) is 31.6 Å². The minimum absolute atomic E-state index is 0.114. The van der Waals surface area contributed by atoms with E-state index >= 15 is 0 Å². The summed E-state index contributed by atoms with van der Waals surface area (Å²) in [7, 11) is 1.73. The number of hydrogen-bond acceptors (Lipinski definition) is 4. The van der Waals surface area contributed by atoms with Crippen LogP contribution in [-0.4, -0.2) is 18.4 Å². The van der Waals surface area contributed by atoms with Crippen molar-refractivity contribution < 1.29 is 9.15 Å². The summed E-state index contributed by atoms with van der Waals surface area (Å²) in [4.78, 5) is 0. The van der Waals surface area contributed by atoms with Gasteiger partial charge in [-0.3, -0.25) is 0 Å². The Labute approximate surface area is 170 Å². The van der Waals surface area contributed by atoms with Crippen molar-refractivity contribution in [2.45, 2.75) is 25.1 Å². The van der Waals surface area contributed by atoms with Gasteiger partial charge in [-0.1, -0.05) is 42.5 Å². The molecule has 1 aliphatic rings. The molecule has 3 nitrogen and oxygen atoms in total. The largest absolute Gasteiger partial charge is 0.496 e. The molecule has 0 spiro atoms. The van der Waals surface area contributed by atoms with Gasteiger partial charge in [0.15, 0.2) is 0 Å². The molecule has 2 aromatic carbocycles. The quantitative estimate of drug-likeness (QED) is 0.522. The number of methoxy groups -OCH3 is 1. The van der Waals surface area contributed by atoms with Gasteiger partial charge < -0.3 is 14.5 Å². The topological polar surface area (TPSA) is 34.4 Å². The van der Waals surface area contributed by atoms with Crippen LogP contribution in [-0.2, 0) is 5.75 Å². The fourth-order valence-corrected chi connectivity index (χ4v) is 4.65. The predicted molar refractivity (Wildman–Crippen MR) is 119 cm³/mol. The van der Waals surface area contributed by atoms with Gasteiger partial charge in [-0.15, -0.1) is 0 Å². The molecule has 0 fully saturated rings. The third kappa shape index (κ3) is 3.83. The molecule has 3 aromatic rings.